The fraction of sp³-hybridized carbons (Fsp3) is 0.316. The van der Waals surface area contributed by atoms with E-state index in [9.17, 15) is 13.2 Å². The fourth-order valence-electron chi connectivity index (χ4n) is 2.47. The van der Waals surface area contributed by atoms with Crippen LogP contribution < -0.4 is 10.0 Å². The van der Waals surface area contributed by atoms with Gasteiger partial charge in [0.25, 0.3) is 0 Å². The molecule has 1 amide bonds. The van der Waals surface area contributed by atoms with Crippen LogP contribution in [0.5, 0.6) is 0 Å². The van der Waals surface area contributed by atoms with Crippen molar-refractivity contribution >= 4 is 27.5 Å². The van der Waals surface area contributed by atoms with Crippen LogP contribution in [0.1, 0.15) is 32.4 Å². The van der Waals surface area contributed by atoms with Crippen molar-refractivity contribution in [2.75, 3.05) is 0 Å². The normalized spacial score (nSPS) is 14.0. The Balaban J connectivity index is 2.15. The largest absolute Gasteiger partial charge is 0.348 e. The molecule has 26 heavy (non-hydrogen) atoms. The first-order valence-electron chi connectivity index (χ1n) is 8.34. The third-order valence-electron chi connectivity index (χ3n) is 4.01. The van der Waals surface area contributed by atoms with Crippen molar-refractivity contribution < 1.29 is 13.2 Å². The Kier molecular flexibility index (Phi) is 6.81. The minimum absolute atomic E-state index is 0.0662. The highest BCUT2D eigenvalue weighted by Gasteiger charge is 2.29. The van der Waals surface area contributed by atoms with Gasteiger partial charge < -0.3 is 5.32 Å². The van der Waals surface area contributed by atoms with Gasteiger partial charge in [-0.05, 0) is 42.7 Å². The summed E-state index contributed by atoms with van der Waals surface area (Å²) in [5, 5.41) is 3.32. The standard InChI is InChI=1S/C19H23ClN2O3S/c1-13(2)18(19(23)21-14(3)15-7-5-4-6-8-15)22-26(24,25)17-11-9-16(20)10-12-17/h4-14,18,22H,1-3H3,(H,21,23)/t14-,18+/m1/s1. The van der Waals surface area contributed by atoms with E-state index in [2.05, 4.69) is 10.0 Å². The molecule has 7 heteroatoms. The molecule has 5 nitrogen and oxygen atoms in total. The van der Waals surface area contributed by atoms with E-state index >= 15 is 0 Å². The zero-order chi connectivity index (χ0) is 19.3. The maximum absolute atomic E-state index is 12.7. The molecule has 0 aliphatic rings. The first-order chi connectivity index (χ1) is 12.2. The summed E-state index contributed by atoms with van der Waals surface area (Å²) in [7, 11) is -3.84. The quantitative estimate of drug-likeness (QED) is 0.754. The Morgan fingerprint density at radius 2 is 1.54 bits per heavy atom. The smallest absolute Gasteiger partial charge is 0.241 e. The molecule has 2 N–H and O–H groups in total. The third kappa shape index (κ3) is 5.30. The zero-order valence-electron chi connectivity index (χ0n) is 14.9. The Morgan fingerprint density at radius 3 is 2.08 bits per heavy atom. The van der Waals surface area contributed by atoms with E-state index in [-0.39, 0.29) is 22.8 Å². The summed E-state index contributed by atoms with van der Waals surface area (Å²) >= 11 is 5.80. The van der Waals surface area contributed by atoms with Crippen molar-refractivity contribution in [3.05, 3.63) is 65.2 Å². The second-order valence-electron chi connectivity index (χ2n) is 6.44. The van der Waals surface area contributed by atoms with E-state index in [1.54, 1.807) is 13.8 Å². The number of amides is 1. The average Bonchev–Trinajstić information content (AvgIpc) is 2.60. The molecule has 0 heterocycles. The minimum atomic E-state index is -3.84. The van der Waals surface area contributed by atoms with Crippen LogP contribution in [-0.2, 0) is 14.8 Å². The van der Waals surface area contributed by atoms with Crippen LogP contribution in [0, 0.1) is 5.92 Å². The van der Waals surface area contributed by atoms with Gasteiger partial charge in [0.2, 0.25) is 15.9 Å². The minimum Gasteiger partial charge on any atom is -0.348 e. The highest BCUT2D eigenvalue weighted by molar-refractivity contribution is 7.89. The summed E-state index contributed by atoms with van der Waals surface area (Å²) in [5.74, 6) is -0.589. The molecule has 0 saturated heterocycles. The topological polar surface area (TPSA) is 75.3 Å². The predicted octanol–water partition coefficient (Wildman–Crippen LogP) is 3.52. The second kappa shape index (κ2) is 8.66. The van der Waals surface area contributed by atoms with E-state index in [1.807, 2.05) is 37.3 Å². The number of benzene rings is 2. The predicted molar refractivity (Wildman–Crippen MR) is 103 cm³/mol. The Hall–Kier alpha value is -1.89. The Bertz CT molecular complexity index is 837. The molecule has 0 aliphatic heterocycles. The van der Waals surface area contributed by atoms with E-state index in [1.165, 1.54) is 24.3 Å². The molecule has 2 atom stereocenters. The van der Waals surface area contributed by atoms with E-state index in [0.29, 0.717) is 5.02 Å². The summed E-state index contributed by atoms with van der Waals surface area (Å²) in [4.78, 5) is 12.7. The van der Waals surface area contributed by atoms with Crippen LogP contribution >= 0.6 is 11.6 Å². The Labute approximate surface area is 159 Å². The van der Waals surface area contributed by atoms with Gasteiger partial charge in [0.05, 0.1) is 10.9 Å². The highest BCUT2D eigenvalue weighted by atomic mass is 35.5. The molecule has 0 aliphatic carbocycles. The molecule has 0 bridgehead atoms. The number of hydrogen-bond donors (Lipinski definition) is 2. The molecule has 2 aromatic rings. The highest BCUT2D eigenvalue weighted by Crippen LogP contribution is 2.17. The summed E-state index contributed by atoms with van der Waals surface area (Å²) in [6, 6.07) is 14.2. The van der Waals surface area contributed by atoms with E-state index < -0.39 is 16.1 Å². The third-order valence-corrected chi connectivity index (χ3v) is 5.72. The monoisotopic (exact) mass is 394 g/mol. The first kappa shape index (κ1) is 20.4. The summed E-state index contributed by atoms with van der Waals surface area (Å²) in [5.41, 5.74) is 0.948. The van der Waals surface area contributed by atoms with Gasteiger partial charge in [0.15, 0.2) is 0 Å². The molecule has 2 rings (SSSR count). The van der Waals surface area contributed by atoms with Gasteiger partial charge in [0, 0.05) is 5.02 Å². The fourth-order valence-corrected chi connectivity index (χ4v) is 3.94. The van der Waals surface area contributed by atoms with Gasteiger partial charge in [-0.25, -0.2) is 8.42 Å². The molecule has 0 fully saturated rings. The lowest BCUT2D eigenvalue weighted by molar-refractivity contribution is -0.124. The van der Waals surface area contributed by atoms with Crippen LogP contribution in [0.3, 0.4) is 0 Å². The number of carbonyl (C=O) groups is 1. The zero-order valence-corrected chi connectivity index (χ0v) is 16.5. The van der Waals surface area contributed by atoms with Crippen molar-refractivity contribution in [2.24, 2.45) is 5.92 Å². The van der Waals surface area contributed by atoms with Crippen molar-refractivity contribution in [1.29, 1.82) is 0 Å². The molecular weight excluding hydrogens is 372 g/mol. The summed E-state index contributed by atoms with van der Waals surface area (Å²) < 4.78 is 27.7. The number of carbonyl (C=O) groups excluding carboxylic acids is 1. The van der Waals surface area contributed by atoms with Gasteiger partial charge in [-0.15, -0.1) is 0 Å². The summed E-state index contributed by atoms with van der Waals surface area (Å²) in [6.45, 7) is 5.45. The molecular formula is C19H23ClN2O3S. The number of rotatable bonds is 7. The van der Waals surface area contributed by atoms with Crippen LogP contribution in [0.4, 0.5) is 0 Å². The Morgan fingerprint density at radius 1 is 0.962 bits per heavy atom. The van der Waals surface area contributed by atoms with Crippen LogP contribution in [0.2, 0.25) is 5.02 Å². The van der Waals surface area contributed by atoms with Crippen molar-refractivity contribution in [3.63, 3.8) is 0 Å². The maximum atomic E-state index is 12.7. The number of nitrogens with one attached hydrogen (secondary N) is 2. The van der Waals surface area contributed by atoms with E-state index in [4.69, 9.17) is 11.6 Å². The molecule has 0 radical (unpaired) electrons. The molecule has 0 spiro atoms. The van der Waals surface area contributed by atoms with Crippen molar-refractivity contribution in [1.82, 2.24) is 10.0 Å². The molecule has 2 aromatic carbocycles. The first-order valence-corrected chi connectivity index (χ1v) is 10.2. The van der Waals surface area contributed by atoms with Crippen molar-refractivity contribution in [3.8, 4) is 0 Å². The molecule has 140 valence electrons. The molecule has 0 aromatic heterocycles. The number of halogens is 1. The lowest BCUT2D eigenvalue weighted by atomic mass is 10.0. The summed E-state index contributed by atoms with van der Waals surface area (Å²) in [6.07, 6.45) is 0. The van der Waals surface area contributed by atoms with Gasteiger partial charge in [-0.2, -0.15) is 4.72 Å². The van der Waals surface area contributed by atoms with Gasteiger partial charge in [0.1, 0.15) is 6.04 Å². The van der Waals surface area contributed by atoms with Crippen LogP contribution in [0.15, 0.2) is 59.5 Å². The van der Waals surface area contributed by atoms with Gasteiger partial charge in [-0.3, -0.25) is 4.79 Å². The van der Waals surface area contributed by atoms with Gasteiger partial charge >= 0.3 is 0 Å². The lowest BCUT2D eigenvalue weighted by Gasteiger charge is -2.24. The maximum Gasteiger partial charge on any atom is 0.241 e. The van der Waals surface area contributed by atoms with Crippen LogP contribution in [0.25, 0.3) is 0 Å². The SMILES string of the molecule is CC(C)[C@H](NS(=O)(=O)c1ccc(Cl)cc1)C(=O)N[C@H](C)c1ccccc1. The average molecular weight is 395 g/mol. The second-order valence-corrected chi connectivity index (χ2v) is 8.59. The van der Waals surface area contributed by atoms with Gasteiger partial charge in [-0.1, -0.05) is 55.8 Å². The van der Waals surface area contributed by atoms with Crippen LogP contribution in [-0.4, -0.2) is 20.4 Å². The number of hydrogen-bond acceptors (Lipinski definition) is 3. The molecule has 0 saturated carbocycles. The number of sulfonamides is 1. The molecule has 0 unspecified atom stereocenters. The lowest BCUT2D eigenvalue weighted by Crippen LogP contribution is -2.50. The van der Waals surface area contributed by atoms with E-state index in [0.717, 1.165) is 5.56 Å². The van der Waals surface area contributed by atoms with Crippen molar-refractivity contribution in [2.45, 2.75) is 37.8 Å².